The standard InChI is InChI=1S/C49H30N4S.C45H28N4S.C39H24N4S/c1-4-14-31(15-5-1)35-26-28-42-41(30-35)38-27-29-43-44(40-25-13-24-39(46(40)54-43)37-23-12-21-32-16-10-11-22-36(32)37)45(38)53(42)49-51-47(33-17-6-2-7-18-33)50-48(52-49)34-19-8-3-9-20-34;1-5-14-29(15-6-1)33-24-26-38-37(28-33)35-25-27-39-40(36-23-13-22-34(42(36)50-39)30-16-7-2-8-17-30)41(35)49(38)45-47-43(31-18-9-3-10-19-31)46-44(48-45)32-20-11-4-12-21-32;1-4-12-25(13-5-1)28-20-22-32-31(24-28)29-21-23-34-35(30-18-10-11-19-33(30)44-34)36(29)43(32)39-41-37(26-14-6-2-7-15-26)40-38(42-39)27-16-8-3-9-17-27/h1-30H;1-28H;1-24H/i;;10D,11D,18D,19D. The second-order valence-corrected chi connectivity index (χ2v) is 39.8. The molecule has 12 nitrogen and oxygen atoms in total. The molecule has 0 aliphatic carbocycles. The highest BCUT2D eigenvalue weighted by Gasteiger charge is 2.29. The first-order chi connectivity index (χ1) is 75.1. The lowest BCUT2D eigenvalue weighted by Crippen LogP contribution is -2.06. The summed E-state index contributed by atoms with van der Waals surface area (Å²) in [6, 6.07) is 164. The molecule has 0 unspecified atom stereocenters. The van der Waals surface area contributed by atoms with Gasteiger partial charge in [0.2, 0.25) is 17.8 Å². The molecule has 0 aliphatic rings. The third-order valence-electron chi connectivity index (χ3n) is 27.9. The van der Waals surface area contributed by atoms with Crippen LogP contribution < -0.4 is 0 Å². The Kier molecular flexibility index (Phi) is 20.5. The third kappa shape index (κ3) is 15.3. The highest BCUT2D eigenvalue weighted by Crippen LogP contribution is 2.52. The molecule has 0 aliphatic heterocycles. The van der Waals surface area contributed by atoms with Crippen molar-refractivity contribution < 1.29 is 5.48 Å². The molecule has 9 heterocycles. The fourth-order valence-corrected chi connectivity index (χ4v) is 24.6. The van der Waals surface area contributed by atoms with Gasteiger partial charge in [-0.2, -0.15) is 29.9 Å². The van der Waals surface area contributed by atoms with Crippen molar-refractivity contribution in [1.82, 2.24) is 58.6 Å². The van der Waals surface area contributed by atoms with E-state index in [1.807, 2.05) is 185 Å². The number of rotatable bonds is 14. The molecule has 0 fully saturated rings. The molecular weight excluding hydrogens is 1860 g/mol. The van der Waals surface area contributed by atoms with E-state index >= 15 is 0 Å². The lowest BCUT2D eigenvalue weighted by atomic mass is 9.96. The molecule has 0 amide bonds. The quantitative estimate of drug-likeness (QED) is 0.104. The van der Waals surface area contributed by atoms with Crippen LogP contribution in [0.15, 0.2) is 497 Å². The molecule has 148 heavy (non-hydrogen) atoms. The summed E-state index contributed by atoms with van der Waals surface area (Å²) in [4.78, 5) is 46.1. The van der Waals surface area contributed by atoms with E-state index in [2.05, 4.69) is 325 Å². The van der Waals surface area contributed by atoms with Crippen molar-refractivity contribution in [2.24, 2.45) is 0 Å². The number of thiophene rings is 3. The van der Waals surface area contributed by atoms with Gasteiger partial charge in [0.25, 0.3) is 0 Å². The normalized spacial score (nSPS) is 12.0. The van der Waals surface area contributed by atoms with Gasteiger partial charge in [-0.25, -0.2) is 15.0 Å². The van der Waals surface area contributed by atoms with Gasteiger partial charge in [0.1, 0.15) is 0 Å². The second-order valence-electron chi connectivity index (χ2n) is 36.6. The largest absolute Gasteiger partial charge is 0.277 e. The van der Waals surface area contributed by atoms with E-state index in [9.17, 15) is 0 Å². The number of fused-ring (bicyclic) bond motifs is 22. The van der Waals surface area contributed by atoms with Gasteiger partial charge < -0.3 is 0 Å². The molecule has 21 aromatic carbocycles. The lowest BCUT2D eigenvalue weighted by molar-refractivity contribution is 0.955. The summed E-state index contributed by atoms with van der Waals surface area (Å²) in [5, 5.41) is 15.2. The average molecular weight is 1950 g/mol. The van der Waals surface area contributed by atoms with E-state index in [4.69, 9.17) is 50.3 Å². The minimum Gasteiger partial charge on any atom is -0.277 e. The van der Waals surface area contributed by atoms with Crippen molar-refractivity contribution in [1.29, 1.82) is 0 Å². The molecule has 9 aromatic heterocycles. The van der Waals surface area contributed by atoms with E-state index in [-0.39, 0.29) is 24.2 Å². The van der Waals surface area contributed by atoms with Crippen LogP contribution in [-0.4, -0.2) is 58.6 Å². The Labute approximate surface area is 867 Å². The number of hydrogen-bond acceptors (Lipinski definition) is 12. The minimum absolute atomic E-state index is 0.0349. The van der Waals surface area contributed by atoms with Crippen LogP contribution in [0.4, 0.5) is 0 Å². The van der Waals surface area contributed by atoms with Crippen molar-refractivity contribution in [3.05, 3.63) is 497 Å². The van der Waals surface area contributed by atoms with Gasteiger partial charge in [-0.3, -0.25) is 13.7 Å². The number of aromatic nitrogens is 12. The van der Waals surface area contributed by atoms with Crippen molar-refractivity contribution in [3.63, 3.8) is 0 Å². The highest BCUT2D eigenvalue weighted by atomic mass is 32.1. The molecule has 0 spiro atoms. The molecule has 0 saturated heterocycles. The van der Waals surface area contributed by atoms with E-state index in [0.29, 0.717) is 62.9 Å². The number of nitrogens with zero attached hydrogens (tertiary/aromatic N) is 12. The van der Waals surface area contributed by atoms with Crippen LogP contribution in [-0.2, 0) is 0 Å². The molecular formula is C133H82N12S3. The van der Waals surface area contributed by atoms with Crippen LogP contribution in [0.3, 0.4) is 0 Å². The lowest BCUT2D eigenvalue weighted by Gasteiger charge is -2.12. The highest BCUT2D eigenvalue weighted by molar-refractivity contribution is 7.27. The summed E-state index contributed by atoms with van der Waals surface area (Å²) in [5.74, 6) is 5.20. The average Bonchev–Trinajstić information content (AvgIpc) is 1.55. The van der Waals surface area contributed by atoms with Gasteiger partial charge in [-0.05, 0) is 121 Å². The fraction of sp³-hybridized carbons (Fsp3) is 0. The van der Waals surface area contributed by atoms with Crippen LogP contribution in [0, 0.1) is 0 Å². The Hall–Kier alpha value is -19.0. The van der Waals surface area contributed by atoms with Crippen molar-refractivity contribution in [2.45, 2.75) is 0 Å². The predicted molar refractivity (Wildman–Crippen MR) is 618 cm³/mol. The van der Waals surface area contributed by atoms with Crippen LogP contribution in [0.25, 0.3) is 279 Å². The summed E-state index contributed by atoms with van der Waals surface area (Å²) >= 11 is 5.08. The van der Waals surface area contributed by atoms with E-state index in [0.717, 1.165) is 120 Å². The van der Waals surface area contributed by atoms with Gasteiger partial charge >= 0.3 is 0 Å². The molecule has 15 heteroatoms. The first kappa shape index (κ1) is 82.5. The zero-order chi connectivity index (χ0) is 101. The van der Waals surface area contributed by atoms with Crippen molar-refractivity contribution >= 4 is 171 Å². The van der Waals surface area contributed by atoms with Gasteiger partial charge in [0.05, 0.1) is 38.6 Å². The SMILES string of the molecule is [2H]c1c([2H])c([2H])c2c(sc3ccc4c5cc(-c6ccccc6)ccc5n(-c5nc(-c6ccccc6)nc(-c6ccccc6)n5)c4c32)c1[2H].c1ccc(-c2ccc3c(c2)c2ccc4sc5c(-c6cccc7ccccc67)cccc5c4c2n3-c2nc(-c3ccccc3)nc(-c3ccccc3)n2)cc1.c1ccc(-c2ccc3c(c2)c2ccc4sc5c(-c6ccccc6)cccc5c4c2n3-c2nc(-c3ccccc3)nc(-c3ccccc3)n2)cc1. The zero-order valence-electron chi connectivity index (χ0n) is 83.1. The van der Waals surface area contributed by atoms with E-state index in [1.54, 1.807) is 0 Å². The van der Waals surface area contributed by atoms with Gasteiger partial charge in [-0.15, -0.1) is 34.0 Å². The summed E-state index contributed by atoms with van der Waals surface area (Å²) in [6.07, 6.45) is 0. The monoisotopic (exact) mass is 1950 g/mol. The van der Waals surface area contributed by atoms with Crippen LogP contribution in [0.2, 0.25) is 0 Å². The first-order valence-electron chi connectivity index (χ1n) is 51.1. The van der Waals surface area contributed by atoms with E-state index < -0.39 is 0 Å². The first-order valence-corrected chi connectivity index (χ1v) is 51.6. The molecule has 30 aromatic rings. The van der Waals surface area contributed by atoms with Crippen molar-refractivity contribution in [3.8, 4) is 142 Å². The van der Waals surface area contributed by atoms with Crippen LogP contribution in [0.1, 0.15) is 5.48 Å². The smallest absolute Gasteiger partial charge is 0.238 e. The third-order valence-corrected chi connectivity index (χ3v) is 31.4. The van der Waals surface area contributed by atoms with Gasteiger partial charge in [-0.1, -0.05) is 437 Å². The summed E-state index contributed by atoms with van der Waals surface area (Å²) in [7, 11) is 0. The maximum Gasteiger partial charge on any atom is 0.238 e. The number of benzene rings is 21. The minimum atomic E-state index is -0.254. The summed E-state index contributed by atoms with van der Waals surface area (Å²) < 4.78 is 47.6. The Morgan fingerprint density at radius 1 is 0.176 bits per heavy atom. The Bertz CT molecular complexity index is 10500. The number of hydrogen-bond donors (Lipinski definition) is 0. The summed E-state index contributed by atoms with van der Waals surface area (Å²) in [6.45, 7) is 0. The van der Waals surface area contributed by atoms with Crippen LogP contribution in [0.5, 0.6) is 0 Å². The van der Waals surface area contributed by atoms with Gasteiger partial charge in [0, 0.05) is 132 Å². The maximum absolute atomic E-state index is 9.01. The fourth-order valence-electron chi connectivity index (χ4n) is 21.1. The molecule has 0 N–H and O–H groups in total. The Balaban J connectivity index is 0.000000109. The molecule has 0 atom stereocenters. The molecule has 0 radical (unpaired) electrons. The molecule has 0 bridgehead atoms. The van der Waals surface area contributed by atoms with Crippen molar-refractivity contribution in [2.75, 3.05) is 0 Å². The summed E-state index contributed by atoms with van der Waals surface area (Å²) in [5.41, 5.74) is 23.2. The van der Waals surface area contributed by atoms with Crippen LogP contribution >= 0.6 is 34.0 Å². The Morgan fingerprint density at radius 3 is 0.818 bits per heavy atom. The molecule has 0 saturated carbocycles. The zero-order valence-corrected chi connectivity index (χ0v) is 81.6. The van der Waals surface area contributed by atoms with E-state index in [1.165, 1.54) is 107 Å². The molecule has 692 valence electrons. The topological polar surface area (TPSA) is 131 Å². The second kappa shape index (κ2) is 36.7. The predicted octanol–water partition coefficient (Wildman–Crippen LogP) is 35.5. The maximum atomic E-state index is 9.01. The van der Waals surface area contributed by atoms with Gasteiger partial charge in [0.15, 0.2) is 34.9 Å². The Morgan fingerprint density at radius 2 is 0.453 bits per heavy atom. The molecule has 30 rings (SSSR count).